The van der Waals surface area contributed by atoms with Crippen LogP contribution in [0.3, 0.4) is 0 Å². The minimum atomic E-state index is -0.611. The van der Waals surface area contributed by atoms with Gasteiger partial charge in [-0.2, -0.15) is 0 Å². The van der Waals surface area contributed by atoms with E-state index in [0.717, 1.165) is 0 Å². The highest BCUT2D eigenvalue weighted by molar-refractivity contribution is 6.11. The van der Waals surface area contributed by atoms with Gasteiger partial charge in [0.05, 0.1) is 5.56 Å². The smallest absolute Gasteiger partial charge is 0.319 e. The van der Waals surface area contributed by atoms with Crippen LogP contribution in [0.5, 0.6) is 11.5 Å². The molecule has 0 spiro atoms. The number of hydrogen-bond donors (Lipinski definition) is 1. The van der Waals surface area contributed by atoms with Gasteiger partial charge in [0.15, 0.2) is 12.4 Å². The zero-order valence-corrected chi connectivity index (χ0v) is 8.76. The fourth-order valence-corrected chi connectivity index (χ4v) is 1.45. The Labute approximate surface area is 96.3 Å². The van der Waals surface area contributed by atoms with Crippen molar-refractivity contribution in [2.75, 3.05) is 6.61 Å². The Morgan fingerprint density at radius 2 is 2.18 bits per heavy atom. The third kappa shape index (κ3) is 2.41. The Bertz CT molecular complexity index is 509. The van der Waals surface area contributed by atoms with Crippen LogP contribution in [0.1, 0.15) is 16.8 Å². The van der Waals surface area contributed by atoms with Crippen LogP contribution in [-0.2, 0) is 9.59 Å². The van der Waals surface area contributed by atoms with E-state index in [-0.39, 0.29) is 30.1 Å². The third-order valence-corrected chi connectivity index (χ3v) is 2.16. The summed E-state index contributed by atoms with van der Waals surface area (Å²) >= 11 is 0. The molecular formula is C11H9NO5. The molecule has 1 amide bonds. The summed E-state index contributed by atoms with van der Waals surface area (Å²) in [7, 11) is 0. The molecule has 1 aliphatic heterocycles. The highest BCUT2D eigenvalue weighted by Gasteiger charge is 2.25. The predicted octanol–water partition coefficient (Wildman–Crippen LogP) is 0.0425. The fourth-order valence-electron chi connectivity index (χ4n) is 1.45. The predicted molar refractivity (Wildman–Crippen MR) is 55.7 cm³/mol. The molecule has 1 aliphatic rings. The quantitative estimate of drug-likeness (QED) is 0.453. The summed E-state index contributed by atoms with van der Waals surface area (Å²) in [5, 5.41) is 0. The summed E-state index contributed by atoms with van der Waals surface area (Å²) in [6.07, 6.45) is -0.285. The molecule has 0 atom stereocenters. The molecule has 0 unspecified atom stereocenters. The average Bonchev–Trinajstić information content (AvgIpc) is 2.26. The van der Waals surface area contributed by atoms with Crippen LogP contribution in [0.25, 0.3) is 0 Å². The SMILES string of the molecule is NC(=O)COc1ccc2c(c1)C(=O)CC(=O)O2. The van der Waals surface area contributed by atoms with Gasteiger partial charge in [0.25, 0.3) is 5.91 Å². The number of Topliss-reactive ketones (excluding diaryl/α,β-unsaturated/α-hetero) is 1. The molecule has 0 saturated heterocycles. The van der Waals surface area contributed by atoms with E-state index in [1.165, 1.54) is 18.2 Å². The highest BCUT2D eigenvalue weighted by atomic mass is 16.5. The number of amides is 1. The van der Waals surface area contributed by atoms with Crippen molar-refractivity contribution in [3.8, 4) is 11.5 Å². The van der Waals surface area contributed by atoms with Crippen LogP contribution in [0, 0.1) is 0 Å². The molecule has 0 saturated carbocycles. The number of ketones is 1. The molecular weight excluding hydrogens is 226 g/mol. The second kappa shape index (κ2) is 4.25. The number of primary amides is 1. The molecule has 1 heterocycles. The number of ether oxygens (including phenoxy) is 2. The monoisotopic (exact) mass is 235 g/mol. The molecule has 0 fully saturated rings. The van der Waals surface area contributed by atoms with Crippen molar-refractivity contribution in [1.29, 1.82) is 0 Å². The Morgan fingerprint density at radius 1 is 1.41 bits per heavy atom. The lowest BCUT2D eigenvalue weighted by Gasteiger charge is -2.15. The average molecular weight is 235 g/mol. The largest absolute Gasteiger partial charge is 0.484 e. The molecule has 0 aromatic heterocycles. The van der Waals surface area contributed by atoms with E-state index in [4.69, 9.17) is 15.2 Å². The molecule has 6 heteroatoms. The number of nitrogens with two attached hydrogens (primary N) is 1. The van der Waals surface area contributed by atoms with Crippen LogP contribution in [0.4, 0.5) is 0 Å². The van der Waals surface area contributed by atoms with E-state index in [0.29, 0.717) is 5.75 Å². The lowest BCUT2D eigenvalue weighted by molar-refractivity contribution is -0.133. The lowest BCUT2D eigenvalue weighted by atomic mass is 10.0. The topological polar surface area (TPSA) is 95.7 Å². The minimum absolute atomic E-state index is 0.206. The molecule has 88 valence electrons. The van der Waals surface area contributed by atoms with E-state index in [1.807, 2.05) is 0 Å². The second-order valence-electron chi connectivity index (χ2n) is 3.49. The number of hydrogen-bond acceptors (Lipinski definition) is 5. The first-order valence-corrected chi connectivity index (χ1v) is 4.85. The van der Waals surface area contributed by atoms with Crippen molar-refractivity contribution in [2.24, 2.45) is 5.73 Å². The van der Waals surface area contributed by atoms with E-state index < -0.39 is 11.9 Å². The number of benzene rings is 1. The minimum Gasteiger partial charge on any atom is -0.484 e. The van der Waals surface area contributed by atoms with Crippen LogP contribution in [0.2, 0.25) is 0 Å². The van der Waals surface area contributed by atoms with E-state index in [1.54, 1.807) is 0 Å². The molecule has 0 aliphatic carbocycles. The van der Waals surface area contributed by atoms with Crippen molar-refractivity contribution in [1.82, 2.24) is 0 Å². The Balaban J connectivity index is 2.24. The van der Waals surface area contributed by atoms with E-state index in [2.05, 4.69) is 0 Å². The maximum absolute atomic E-state index is 11.5. The first kappa shape index (κ1) is 11.1. The van der Waals surface area contributed by atoms with Gasteiger partial charge < -0.3 is 15.2 Å². The zero-order chi connectivity index (χ0) is 12.4. The molecule has 2 N–H and O–H groups in total. The van der Waals surface area contributed by atoms with E-state index in [9.17, 15) is 14.4 Å². The van der Waals surface area contributed by atoms with Crippen molar-refractivity contribution in [2.45, 2.75) is 6.42 Å². The Hall–Kier alpha value is -2.37. The van der Waals surface area contributed by atoms with Gasteiger partial charge in [-0.1, -0.05) is 0 Å². The number of fused-ring (bicyclic) bond motifs is 1. The maximum Gasteiger partial charge on any atom is 0.319 e. The summed E-state index contributed by atoms with van der Waals surface area (Å²) in [5.74, 6) is -0.985. The first-order valence-electron chi connectivity index (χ1n) is 4.85. The fraction of sp³-hybridized carbons (Fsp3) is 0.182. The van der Waals surface area contributed by atoms with Crippen molar-refractivity contribution in [3.63, 3.8) is 0 Å². The Kier molecular flexibility index (Phi) is 2.78. The third-order valence-electron chi connectivity index (χ3n) is 2.16. The second-order valence-corrected chi connectivity index (χ2v) is 3.49. The van der Waals surface area contributed by atoms with Crippen molar-refractivity contribution >= 4 is 17.7 Å². The van der Waals surface area contributed by atoms with Gasteiger partial charge >= 0.3 is 5.97 Å². The van der Waals surface area contributed by atoms with Gasteiger partial charge in [-0.3, -0.25) is 14.4 Å². The molecule has 0 bridgehead atoms. The maximum atomic E-state index is 11.5. The van der Waals surface area contributed by atoms with Crippen LogP contribution >= 0.6 is 0 Å². The van der Waals surface area contributed by atoms with E-state index >= 15 is 0 Å². The lowest BCUT2D eigenvalue weighted by Crippen LogP contribution is -2.22. The summed E-state index contributed by atoms with van der Waals surface area (Å²) < 4.78 is 9.92. The summed E-state index contributed by atoms with van der Waals surface area (Å²) in [4.78, 5) is 33.1. The normalized spacial score (nSPS) is 13.9. The molecule has 1 aromatic rings. The van der Waals surface area contributed by atoms with Gasteiger partial charge in [0.1, 0.15) is 17.9 Å². The molecule has 0 radical (unpaired) electrons. The molecule has 6 nitrogen and oxygen atoms in total. The standard InChI is InChI=1S/C11H9NO5/c12-10(14)5-16-6-1-2-9-7(3-6)8(13)4-11(15)17-9/h1-3H,4-5H2,(H2,12,14). The summed E-state index contributed by atoms with van der Waals surface area (Å²) in [5.41, 5.74) is 5.19. The van der Waals surface area contributed by atoms with Crippen LogP contribution in [-0.4, -0.2) is 24.3 Å². The first-order chi connectivity index (χ1) is 8.06. The molecule has 1 aromatic carbocycles. The highest BCUT2D eigenvalue weighted by Crippen LogP contribution is 2.28. The Morgan fingerprint density at radius 3 is 2.88 bits per heavy atom. The molecule has 2 rings (SSSR count). The van der Waals surface area contributed by atoms with Crippen LogP contribution in [0.15, 0.2) is 18.2 Å². The van der Waals surface area contributed by atoms with Crippen molar-refractivity contribution < 1.29 is 23.9 Å². The number of esters is 1. The summed E-state index contributed by atoms with van der Waals surface area (Å²) in [6.45, 7) is -0.271. The van der Waals surface area contributed by atoms with Crippen molar-refractivity contribution in [3.05, 3.63) is 23.8 Å². The van der Waals surface area contributed by atoms with Gasteiger partial charge in [0.2, 0.25) is 0 Å². The van der Waals surface area contributed by atoms with Gasteiger partial charge in [-0.05, 0) is 18.2 Å². The van der Waals surface area contributed by atoms with Gasteiger partial charge in [-0.15, -0.1) is 0 Å². The summed E-state index contributed by atoms with van der Waals surface area (Å²) in [6, 6.07) is 4.36. The molecule has 17 heavy (non-hydrogen) atoms. The number of carbonyl (C=O) groups is 3. The zero-order valence-electron chi connectivity index (χ0n) is 8.76. The van der Waals surface area contributed by atoms with Gasteiger partial charge in [0, 0.05) is 0 Å². The van der Waals surface area contributed by atoms with Crippen LogP contribution < -0.4 is 15.2 Å². The number of rotatable bonds is 3. The number of carbonyl (C=O) groups excluding carboxylic acids is 3. The van der Waals surface area contributed by atoms with Gasteiger partial charge in [-0.25, -0.2) is 0 Å².